The Morgan fingerprint density at radius 3 is 2.46 bits per heavy atom. The van der Waals surface area contributed by atoms with E-state index in [2.05, 4.69) is 10.3 Å². The maximum absolute atomic E-state index is 14.7. The lowest BCUT2D eigenvalue weighted by Crippen LogP contribution is -2.47. The smallest absolute Gasteiger partial charge is 0.416 e. The van der Waals surface area contributed by atoms with Crippen LogP contribution in [0.1, 0.15) is 38.4 Å². The number of alkyl halides is 3. The molecule has 2 aromatic rings. The van der Waals surface area contributed by atoms with Gasteiger partial charge in [0.05, 0.1) is 17.8 Å². The number of benzene rings is 1. The number of hydrogen-bond acceptors (Lipinski definition) is 5. The van der Waals surface area contributed by atoms with Gasteiger partial charge in [-0.05, 0) is 58.4 Å². The fraction of sp³-hybridized carbons (Fsp3) is 0.462. The second-order valence-corrected chi connectivity index (χ2v) is 10.7. The standard InChI is InChI=1S/C26H29ClF5N5O4/c1-14-11-15(26(30,31)32)12-19(34-14)37-18(22(38)35(5)17-8-7-16(28)20(27)21(17)29)13-36(24(37)40)10-6-9-33-23(39)41-25(2,3)4/h7-8,11-12,18H,6,9-10,13H2,1-5H3,(H,33,39)/t18-/m0/s1. The first-order valence-corrected chi connectivity index (χ1v) is 12.8. The van der Waals surface area contributed by atoms with Gasteiger partial charge in [0.1, 0.15) is 28.3 Å². The molecule has 41 heavy (non-hydrogen) atoms. The van der Waals surface area contributed by atoms with E-state index in [0.29, 0.717) is 6.07 Å². The number of amides is 4. The van der Waals surface area contributed by atoms with Crippen molar-refractivity contribution in [2.75, 3.05) is 36.5 Å². The van der Waals surface area contributed by atoms with E-state index in [0.717, 1.165) is 35.0 Å². The second-order valence-electron chi connectivity index (χ2n) is 10.3. The number of rotatable bonds is 7. The molecule has 0 spiro atoms. The van der Waals surface area contributed by atoms with Crippen LogP contribution in [0, 0.1) is 18.6 Å². The minimum Gasteiger partial charge on any atom is -0.444 e. The van der Waals surface area contributed by atoms with E-state index in [1.807, 2.05) is 0 Å². The first kappa shape index (κ1) is 31.8. The van der Waals surface area contributed by atoms with E-state index in [1.165, 1.54) is 11.8 Å². The van der Waals surface area contributed by atoms with Crippen molar-refractivity contribution in [2.45, 2.75) is 51.9 Å². The van der Waals surface area contributed by atoms with Crippen LogP contribution in [-0.2, 0) is 15.7 Å². The van der Waals surface area contributed by atoms with Gasteiger partial charge >= 0.3 is 18.3 Å². The number of nitrogens with zero attached hydrogens (tertiary/aromatic N) is 4. The Labute approximate surface area is 238 Å². The summed E-state index contributed by atoms with van der Waals surface area (Å²) in [6, 6.07) is 1.02. The van der Waals surface area contributed by atoms with Gasteiger partial charge in [0, 0.05) is 25.8 Å². The van der Waals surface area contributed by atoms with Gasteiger partial charge in [0.2, 0.25) is 0 Å². The average Bonchev–Trinajstić information content (AvgIpc) is 3.18. The number of alkyl carbamates (subject to hydrolysis) is 1. The lowest BCUT2D eigenvalue weighted by atomic mass is 10.1. The van der Waals surface area contributed by atoms with Crippen molar-refractivity contribution in [3.8, 4) is 0 Å². The first-order valence-electron chi connectivity index (χ1n) is 12.4. The van der Waals surface area contributed by atoms with E-state index in [1.54, 1.807) is 20.8 Å². The van der Waals surface area contributed by atoms with Crippen molar-refractivity contribution in [3.05, 3.63) is 52.2 Å². The van der Waals surface area contributed by atoms with Crippen LogP contribution in [0.25, 0.3) is 0 Å². The van der Waals surface area contributed by atoms with Gasteiger partial charge < -0.3 is 19.9 Å². The first-order chi connectivity index (χ1) is 18.9. The van der Waals surface area contributed by atoms with E-state index in [9.17, 15) is 36.3 Å². The SMILES string of the molecule is Cc1cc(C(F)(F)F)cc(N2C(=O)N(CCCNC(=O)OC(C)(C)C)C[C@H]2C(=O)N(C)c2ccc(F)c(Cl)c2F)n1. The van der Waals surface area contributed by atoms with Crippen LogP contribution in [-0.4, -0.2) is 66.2 Å². The molecule has 224 valence electrons. The summed E-state index contributed by atoms with van der Waals surface area (Å²) < 4.78 is 74.2. The van der Waals surface area contributed by atoms with Gasteiger partial charge in [-0.2, -0.15) is 13.2 Å². The minimum atomic E-state index is -4.76. The molecule has 0 aliphatic carbocycles. The zero-order chi connectivity index (χ0) is 30.9. The maximum Gasteiger partial charge on any atom is 0.416 e. The van der Waals surface area contributed by atoms with Crippen LogP contribution in [0.3, 0.4) is 0 Å². The predicted octanol–water partition coefficient (Wildman–Crippen LogP) is 5.53. The molecule has 0 unspecified atom stereocenters. The number of likely N-dealkylation sites (N-methyl/N-ethyl adjacent to an activating group) is 1. The molecule has 0 radical (unpaired) electrons. The summed E-state index contributed by atoms with van der Waals surface area (Å²) in [5.74, 6) is -3.59. The predicted molar refractivity (Wildman–Crippen MR) is 141 cm³/mol. The number of hydrogen-bond donors (Lipinski definition) is 1. The number of carbonyl (C=O) groups is 3. The third-order valence-electron chi connectivity index (χ3n) is 5.96. The molecule has 1 atom stereocenters. The monoisotopic (exact) mass is 605 g/mol. The minimum absolute atomic E-state index is 0.00725. The summed E-state index contributed by atoms with van der Waals surface area (Å²) in [6.07, 6.45) is -5.22. The number of urea groups is 1. The topological polar surface area (TPSA) is 95.1 Å². The number of halogens is 6. The number of aryl methyl sites for hydroxylation is 1. The summed E-state index contributed by atoms with van der Waals surface area (Å²) in [5, 5.41) is 1.68. The highest BCUT2D eigenvalue weighted by Crippen LogP contribution is 2.35. The lowest BCUT2D eigenvalue weighted by molar-refractivity contribution is -0.137. The number of carbonyl (C=O) groups excluding carboxylic acids is 3. The Morgan fingerprint density at radius 1 is 1.20 bits per heavy atom. The summed E-state index contributed by atoms with van der Waals surface area (Å²) in [4.78, 5) is 45.8. The molecule has 3 rings (SSSR count). The van der Waals surface area contributed by atoms with Gasteiger partial charge in [0.15, 0.2) is 5.82 Å². The molecule has 1 N–H and O–H groups in total. The molecular formula is C26H29ClF5N5O4. The summed E-state index contributed by atoms with van der Waals surface area (Å²) in [7, 11) is 1.16. The van der Waals surface area contributed by atoms with E-state index in [-0.39, 0.29) is 31.7 Å². The van der Waals surface area contributed by atoms with Crippen molar-refractivity contribution in [2.24, 2.45) is 0 Å². The molecule has 1 fully saturated rings. The Balaban J connectivity index is 1.90. The molecule has 0 bridgehead atoms. The van der Waals surface area contributed by atoms with Crippen LogP contribution in [0.15, 0.2) is 24.3 Å². The zero-order valence-electron chi connectivity index (χ0n) is 22.9. The van der Waals surface area contributed by atoms with Gasteiger partial charge in [-0.15, -0.1) is 0 Å². The Bertz CT molecular complexity index is 1330. The molecule has 2 heterocycles. The van der Waals surface area contributed by atoms with Crippen LogP contribution in [0.4, 0.5) is 43.0 Å². The van der Waals surface area contributed by atoms with Crippen LogP contribution < -0.4 is 15.1 Å². The fourth-order valence-electron chi connectivity index (χ4n) is 4.12. The highest BCUT2D eigenvalue weighted by Gasteiger charge is 2.45. The second kappa shape index (κ2) is 12.0. The molecule has 9 nitrogen and oxygen atoms in total. The van der Waals surface area contributed by atoms with Gasteiger partial charge in [-0.25, -0.2) is 23.4 Å². The third-order valence-corrected chi connectivity index (χ3v) is 6.31. The number of ether oxygens (including phenoxy) is 1. The number of anilines is 2. The average molecular weight is 606 g/mol. The molecule has 1 aromatic carbocycles. The summed E-state index contributed by atoms with van der Waals surface area (Å²) >= 11 is 5.65. The number of pyridine rings is 1. The van der Waals surface area contributed by atoms with E-state index >= 15 is 0 Å². The Morgan fingerprint density at radius 2 is 1.85 bits per heavy atom. The van der Waals surface area contributed by atoms with E-state index in [4.69, 9.17) is 16.3 Å². The largest absolute Gasteiger partial charge is 0.444 e. The third kappa shape index (κ3) is 7.54. The normalized spacial score (nSPS) is 15.8. The van der Waals surface area contributed by atoms with Crippen molar-refractivity contribution < 1.29 is 41.1 Å². The zero-order valence-corrected chi connectivity index (χ0v) is 23.7. The quantitative estimate of drug-likeness (QED) is 0.254. The summed E-state index contributed by atoms with van der Waals surface area (Å²) in [5.41, 5.74) is -2.26. The molecular weight excluding hydrogens is 577 g/mol. The van der Waals surface area contributed by atoms with Gasteiger partial charge in [-0.1, -0.05) is 11.6 Å². The molecule has 1 saturated heterocycles. The highest BCUT2D eigenvalue weighted by atomic mass is 35.5. The van der Waals surface area contributed by atoms with Crippen molar-refractivity contribution in [1.82, 2.24) is 15.2 Å². The van der Waals surface area contributed by atoms with Gasteiger partial charge in [0.25, 0.3) is 5.91 Å². The Kier molecular flexibility index (Phi) is 9.36. The van der Waals surface area contributed by atoms with Crippen LogP contribution in [0.5, 0.6) is 0 Å². The van der Waals surface area contributed by atoms with Crippen molar-refractivity contribution >= 4 is 41.1 Å². The molecule has 0 saturated carbocycles. The molecule has 4 amide bonds. The molecule has 1 aliphatic heterocycles. The summed E-state index contributed by atoms with van der Waals surface area (Å²) in [6.45, 7) is 6.18. The van der Waals surface area contributed by atoms with Crippen molar-refractivity contribution in [3.63, 3.8) is 0 Å². The highest BCUT2D eigenvalue weighted by molar-refractivity contribution is 6.31. The molecule has 1 aromatic heterocycles. The molecule has 1 aliphatic rings. The number of nitrogens with one attached hydrogen (secondary N) is 1. The van der Waals surface area contributed by atoms with Crippen LogP contribution in [0.2, 0.25) is 5.02 Å². The Hall–Kier alpha value is -3.68. The number of aromatic nitrogens is 1. The lowest BCUT2D eigenvalue weighted by Gasteiger charge is -2.27. The van der Waals surface area contributed by atoms with E-state index < -0.39 is 69.6 Å². The van der Waals surface area contributed by atoms with Crippen molar-refractivity contribution in [1.29, 1.82) is 0 Å². The van der Waals surface area contributed by atoms with Gasteiger partial charge in [-0.3, -0.25) is 9.69 Å². The molecule has 15 heteroatoms. The maximum atomic E-state index is 14.7. The fourth-order valence-corrected chi connectivity index (χ4v) is 4.28. The van der Waals surface area contributed by atoms with Crippen LogP contribution >= 0.6 is 11.6 Å².